The SMILES string of the molecule is COO[C@@H]1[C@H](OC(C)=O)[C@@H](CO)O[C@H]1N1C(=C=O)NC2=C(NC(C)=O)NCN=C21. The topological polar surface area (TPSA) is 160 Å². The molecule has 4 atom stereocenters. The van der Waals surface area contributed by atoms with E-state index in [1.54, 1.807) is 5.94 Å². The second kappa shape index (κ2) is 8.59. The molecule has 29 heavy (non-hydrogen) atoms. The minimum Gasteiger partial charge on any atom is -0.457 e. The lowest BCUT2D eigenvalue weighted by Gasteiger charge is -2.29. The Morgan fingerprint density at radius 3 is 2.76 bits per heavy atom. The molecule has 0 unspecified atom stereocenters. The highest BCUT2D eigenvalue weighted by atomic mass is 17.2. The summed E-state index contributed by atoms with van der Waals surface area (Å²) in [4.78, 5) is 50.3. The number of amides is 1. The van der Waals surface area contributed by atoms with Crippen molar-refractivity contribution in [3.8, 4) is 0 Å². The van der Waals surface area contributed by atoms with Crippen molar-refractivity contribution in [1.29, 1.82) is 0 Å². The van der Waals surface area contributed by atoms with Gasteiger partial charge in [0.1, 0.15) is 24.3 Å². The highest BCUT2D eigenvalue weighted by Gasteiger charge is 2.54. The average molecular weight is 411 g/mol. The molecule has 3 heterocycles. The van der Waals surface area contributed by atoms with Crippen LogP contribution in [0.5, 0.6) is 0 Å². The lowest BCUT2D eigenvalue weighted by atomic mass is 10.1. The highest BCUT2D eigenvalue weighted by molar-refractivity contribution is 6.04. The van der Waals surface area contributed by atoms with Crippen molar-refractivity contribution < 1.29 is 38.7 Å². The minimum atomic E-state index is -1.06. The summed E-state index contributed by atoms with van der Waals surface area (Å²) >= 11 is 0. The Morgan fingerprint density at radius 2 is 2.17 bits per heavy atom. The van der Waals surface area contributed by atoms with E-state index in [1.165, 1.54) is 25.9 Å². The number of aliphatic hydroxyl groups is 1. The second-order valence-electron chi connectivity index (χ2n) is 6.24. The fraction of sp³-hybridized carbons (Fsp3) is 0.562. The monoisotopic (exact) mass is 411 g/mol. The Balaban J connectivity index is 2.00. The van der Waals surface area contributed by atoms with Gasteiger partial charge in [-0.2, -0.15) is 0 Å². The van der Waals surface area contributed by atoms with Crippen molar-refractivity contribution in [3.63, 3.8) is 0 Å². The highest BCUT2D eigenvalue weighted by Crippen LogP contribution is 2.34. The van der Waals surface area contributed by atoms with Gasteiger partial charge >= 0.3 is 5.97 Å². The number of aliphatic imine (C=N–C) groups is 1. The van der Waals surface area contributed by atoms with E-state index < -0.39 is 37.1 Å². The quantitative estimate of drug-likeness (QED) is 0.157. The van der Waals surface area contributed by atoms with E-state index in [0.29, 0.717) is 11.5 Å². The average Bonchev–Trinajstić information content (AvgIpc) is 3.20. The van der Waals surface area contributed by atoms with Crippen LogP contribution >= 0.6 is 0 Å². The van der Waals surface area contributed by atoms with Crippen LogP contribution < -0.4 is 16.0 Å². The molecule has 0 radical (unpaired) electrons. The van der Waals surface area contributed by atoms with Gasteiger partial charge in [0.05, 0.1) is 13.7 Å². The predicted molar refractivity (Wildman–Crippen MR) is 93.6 cm³/mol. The number of fused-ring (bicyclic) bond motifs is 1. The molecule has 2 fully saturated rings. The van der Waals surface area contributed by atoms with Gasteiger partial charge in [-0.1, -0.05) is 0 Å². The van der Waals surface area contributed by atoms with Crippen LogP contribution in [0.25, 0.3) is 0 Å². The van der Waals surface area contributed by atoms with Gasteiger partial charge in [0.2, 0.25) is 11.7 Å². The molecule has 0 saturated carbocycles. The van der Waals surface area contributed by atoms with Gasteiger partial charge in [0.15, 0.2) is 30.2 Å². The summed E-state index contributed by atoms with van der Waals surface area (Å²) in [5.74, 6) is 1.32. The Kier molecular flexibility index (Phi) is 6.15. The summed E-state index contributed by atoms with van der Waals surface area (Å²) in [5, 5.41) is 18.0. The maximum absolute atomic E-state index is 11.6. The van der Waals surface area contributed by atoms with E-state index in [-0.39, 0.29) is 24.2 Å². The molecule has 2 saturated heterocycles. The molecule has 13 heteroatoms. The molecule has 0 aromatic heterocycles. The van der Waals surface area contributed by atoms with Crippen LogP contribution in [0.15, 0.2) is 22.3 Å². The fourth-order valence-electron chi connectivity index (χ4n) is 3.29. The van der Waals surface area contributed by atoms with E-state index in [0.717, 1.165) is 0 Å². The molecule has 3 aliphatic heterocycles. The number of hydrogen-bond donors (Lipinski definition) is 4. The van der Waals surface area contributed by atoms with Crippen molar-refractivity contribution in [2.45, 2.75) is 38.4 Å². The van der Waals surface area contributed by atoms with E-state index in [4.69, 9.17) is 19.2 Å². The first-order valence-electron chi connectivity index (χ1n) is 8.66. The number of nitrogens with one attached hydrogen (secondary N) is 3. The number of aliphatic hydroxyl groups excluding tert-OH is 1. The summed E-state index contributed by atoms with van der Waals surface area (Å²) in [5.41, 5.74) is 0.320. The van der Waals surface area contributed by atoms with Gasteiger partial charge in [-0.3, -0.25) is 14.5 Å². The summed E-state index contributed by atoms with van der Waals surface area (Å²) in [6.07, 6.45) is -4.05. The summed E-state index contributed by atoms with van der Waals surface area (Å²) in [7, 11) is 1.26. The van der Waals surface area contributed by atoms with Crippen molar-refractivity contribution >= 4 is 23.7 Å². The van der Waals surface area contributed by atoms with Crippen LogP contribution in [-0.4, -0.2) is 78.6 Å². The summed E-state index contributed by atoms with van der Waals surface area (Å²) < 4.78 is 11.1. The van der Waals surface area contributed by atoms with Crippen molar-refractivity contribution in [2.24, 2.45) is 4.99 Å². The number of amidine groups is 1. The normalized spacial score (nSPS) is 28.2. The number of carbonyl (C=O) groups excluding carboxylic acids is 3. The Morgan fingerprint density at radius 1 is 1.41 bits per heavy atom. The van der Waals surface area contributed by atoms with E-state index in [2.05, 4.69) is 20.9 Å². The van der Waals surface area contributed by atoms with Crippen molar-refractivity contribution in [3.05, 3.63) is 17.3 Å². The lowest BCUT2D eigenvalue weighted by Crippen LogP contribution is -2.48. The Labute approximate surface area is 165 Å². The van der Waals surface area contributed by atoms with Gasteiger partial charge < -0.3 is 30.5 Å². The number of nitrogens with zero attached hydrogens (tertiary/aromatic N) is 2. The molecule has 4 N–H and O–H groups in total. The molecule has 0 aliphatic carbocycles. The first kappa shape index (κ1) is 20.8. The number of hydrogen-bond acceptors (Lipinski definition) is 12. The molecule has 0 spiro atoms. The number of rotatable bonds is 6. The lowest BCUT2D eigenvalue weighted by molar-refractivity contribution is -0.327. The standard InChI is InChI=1S/C16H21N5O8/c1-7(24)19-14-11-15(18-6-17-14)21(10(5-23)20-11)16-13(29-26-3)12(27-8(2)25)9(4-22)28-16/h9,12-13,16-17,20,22H,4,6H2,1-3H3,(H,19,24)/t9-,12-,13-,16-/m1/s1. The molecule has 0 aromatic rings. The molecule has 3 rings (SSSR count). The third kappa shape index (κ3) is 3.95. The number of carbonyl (C=O) groups is 2. The van der Waals surface area contributed by atoms with Gasteiger partial charge in [0.25, 0.3) is 0 Å². The largest absolute Gasteiger partial charge is 0.457 e. The first-order valence-corrected chi connectivity index (χ1v) is 8.66. The predicted octanol–water partition coefficient (Wildman–Crippen LogP) is -2.58. The molecular formula is C16H21N5O8. The van der Waals surface area contributed by atoms with Crippen LogP contribution in [-0.2, 0) is 33.6 Å². The fourth-order valence-corrected chi connectivity index (χ4v) is 3.29. The Hall–Kier alpha value is -2.96. The molecule has 0 aromatic carbocycles. The van der Waals surface area contributed by atoms with Crippen molar-refractivity contribution in [2.75, 3.05) is 20.4 Å². The van der Waals surface area contributed by atoms with Crippen LogP contribution in [0.3, 0.4) is 0 Å². The van der Waals surface area contributed by atoms with Crippen LogP contribution in [0.1, 0.15) is 13.8 Å². The molecule has 0 bridgehead atoms. The maximum Gasteiger partial charge on any atom is 0.303 e. The van der Waals surface area contributed by atoms with Gasteiger partial charge in [-0.15, -0.1) is 0 Å². The van der Waals surface area contributed by atoms with E-state index >= 15 is 0 Å². The smallest absolute Gasteiger partial charge is 0.303 e. The number of ether oxygens (including phenoxy) is 2. The van der Waals surface area contributed by atoms with Gasteiger partial charge in [0, 0.05) is 13.8 Å². The zero-order valence-electron chi connectivity index (χ0n) is 15.9. The molecule has 13 nitrogen and oxygen atoms in total. The number of esters is 1. The third-order valence-corrected chi connectivity index (χ3v) is 4.30. The summed E-state index contributed by atoms with van der Waals surface area (Å²) in [6, 6.07) is 0. The molecular weight excluding hydrogens is 390 g/mol. The van der Waals surface area contributed by atoms with Crippen molar-refractivity contribution in [1.82, 2.24) is 20.9 Å². The summed E-state index contributed by atoms with van der Waals surface area (Å²) in [6.45, 7) is 2.17. The first-order chi connectivity index (χ1) is 13.9. The van der Waals surface area contributed by atoms with E-state index in [1.807, 2.05) is 0 Å². The zero-order valence-corrected chi connectivity index (χ0v) is 15.9. The molecule has 158 valence electrons. The third-order valence-electron chi connectivity index (χ3n) is 4.30. The Bertz CT molecular complexity index is 805. The molecule has 3 aliphatic rings. The van der Waals surface area contributed by atoms with Crippen LogP contribution in [0.4, 0.5) is 0 Å². The van der Waals surface area contributed by atoms with Gasteiger partial charge in [-0.25, -0.2) is 19.6 Å². The molecule has 1 amide bonds. The maximum atomic E-state index is 11.6. The van der Waals surface area contributed by atoms with Crippen LogP contribution in [0, 0.1) is 0 Å². The zero-order chi connectivity index (χ0) is 21.1. The van der Waals surface area contributed by atoms with Crippen LogP contribution in [0.2, 0.25) is 0 Å². The van der Waals surface area contributed by atoms with E-state index in [9.17, 15) is 19.5 Å². The second-order valence-corrected chi connectivity index (χ2v) is 6.24. The minimum absolute atomic E-state index is 0.0693. The van der Waals surface area contributed by atoms with Gasteiger partial charge in [-0.05, 0) is 0 Å².